The quantitative estimate of drug-likeness (QED) is 0.580. The molecule has 1 aliphatic carbocycles. The van der Waals surface area contributed by atoms with Crippen LogP contribution in [-0.2, 0) is 11.3 Å². The monoisotopic (exact) mass is 417 g/mol. The zero-order valence-corrected chi connectivity index (χ0v) is 18.7. The summed E-state index contributed by atoms with van der Waals surface area (Å²) in [5, 5.41) is 0.646. The molecule has 1 saturated carbocycles. The Bertz CT molecular complexity index is 835. The lowest BCUT2D eigenvalue weighted by Crippen LogP contribution is -2.40. The maximum absolute atomic E-state index is 13.0. The van der Waals surface area contributed by atoms with Gasteiger partial charge in [0, 0.05) is 29.6 Å². The Hall–Kier alpha value is -2.01. The summed E-state index contributed by atoms with van der Waals surface area (Å²) in [5.41, 5.74) is 1.25. The fourth-order valence-corrected chi connectivity index (χ4v) is 4.05. The van der Waals surface area contributed by atoms with Crippen molar-refractivity contribution < 1.29 is 9.53 Å². The summed E-state index contributed by atoms with van der Waals surface area (Å²) in [4.78, 5) is 19.0. The van der Waals surface area contributed by atoms with Crippen LogP contribution in [0.3, 0.4) is 0 Å². The molecule has 1 aromatic carbocycles. The molecule has 0 bridgehead atoms. The fourth-order valence-electron chi connectivity index (χ4n) is 3.82. The third kappa shape index (κ3) is 5.99. The SMILES string of the molecule is Cc1nccn1Cc1ccc(N(CC2CCCCC2)C(=O)OC(C)(C)C)cc1Cl. The Labute approximate surface area is 179 Å². The first-order valence-electron chi connectivity index (χ1n) is 10.5. The summed E-state index contributed by atoms with van der Waals surface area (Å²) in [6.45, 7) is 8.98. The third-order valence-electron chi connectivity index (χ3n) is 5.39. The van der Waals surface area contributed by atoms with Crippen LogP contribution in [0.1, 0.15) is 64.3 Å². The van der Waals surface area contributed by atoms with Crippen LogP contribution in [0.4, 0.5) is 10.5 Å². The highest BCUT2D eigenvalue weighted by Gasteiger charge is 2.27. The first-order valence-corrected chi connectivity index (χ1v) is 10.9. The minimum Gasteiger partial charge on any atom is -0.443 e. The summed E-state index contributed by atoms with van der Waals surface area (Å²) < 4.78 is 7.75. The Balaban J connectivity index is 1.82. The number of hydrogen-bond acceptors (Lipinski definition) is 3. The molecular formula is C23H32ClN3O2. The first kappa shape index (κ1) is 21.7. The van der Waals surface area contributed by atoms with Crippen LogP contribution in [0.2, 0.25) is 5.02 Å². The number of aromatic nitrogens is 2. The zero-order chi connectivity index (χ0) is 21.0. The van der Waals surface area contributed by atoms with Gasteiger partial charge in [0.2, 0.25) is 0 Å². The number of hydrogen-bond donors (Lipinski definition) is 0. The van der Waals surface area contributed by atoms with Gasteiger partial charge in [-0.15, -0.1) is 0 Å². The number of nitrogens with zero attached hydrogens (tertiary/aromatic N) is 3. The predicted octanol–water partition coefficient (Wildman–Crippen LogP) is 6.22. The van der Waals surface area contributed by atoms with E-state index in [0.29, 0.717) is 24.0 Å². The van der Waals surface area contributed by atoms with E-state index in [1.165, 1.54) is 19.3 Å². The van der Waals surface area contributed by atoms with Crippen molar-refractivity contribution in [3.05, 3.63) is 47.0 Å². The predicted molar refractivity (Wildman–Crippen MR) is 118 cm³/mol. The van der Waals surface area contributed by atoms with Crippen molar-refractivity contribution in [2.24, 2.45) is 5.92 Å². The molecule has 0 spiro atoms. The molecular weight excluding hydrogens is 386 g/mol. The molecule has 0 radical (unpaired) electrons. The smallest absolute Gasteiger partial charge is 0.414 e. The summed E-state index contributed by atoms with van der Waals surface area (Å²) in [7, 11) is 0. The number of benzene rings is 1. The lowest BCUT2D eigenvalue weighted by Gasteiger charge is -2.32. The second-order valence-corrected chi connectivity index (χ2v) is 9.38. The second-order valence-electron chi connectivity index (χ2n) is 8.97. The molecule has 1 aromatic heterocycles. The summed E-state index contributed by atoms with van der Waals surface area (Å²) in [6.07, 6.45) is 9.49. The molecule has 0 atom stereocenters. The van der Waals surface area contributed by atoms with E-state index in [4.69, 9.17) is 16.3 Å². The van der Waals surface area contributed by atoms with E-state index in [0.717, 1.165) is 29.9 Å². The molecule has 29 heavy (non-hydrogen) atoms. The zero-order valence-electron chi connectivity index (χ0n) is 17.9. The normalized spacial score (nSPS) is 15.3. The average Bonchev–Trinajstić information content (AvgIpc) is 3.05. The van der Waals surface area contributed by atoms with Gasteiger partial charge in [0.1, 0.15) is 11.4 Å². The van der Waals surface area contributed by atoms with Gasteiger partial charge in [-0.1, -0.05) is 36.9 Å². The number of ether oxygens (including phenoxy) is 1. The van der Waals surface area contributed by atoms with Crippen LogP contribution in [0.15, 0.2) is 30.6 Å². The van der Waals surface area contributed by atoms with Crippen LogP contribution in [0.25, 0.3) is 0 Å². The number of carbonyl (C=O) groups excluding carboxylic acids is 1. The fraction of sp³-hybridized carbons (Fsp3) is 0.565. The minimum absolute atomic E-state index is 0.308. The van der Waals surface area contributed by atoms with E-state index in [9.17, 15) is 4.79 Å². The number of aryl methyl sites for hydroxylation is 1. The van der Waals surface area contributed by atoms with Crippen molar-refractivity contribution in [3.8, 4) is 0 Å². The molecule has 6 heteroatoms. The molecule has 1 fully saturated rings. The van der Waals surface area contributed by atoms with Crippen LogP contribution < -0.4 is 4.90 Å². The molecule has 3 rings (SSSR count). The van der Waals surface area contributed by atoms with Crippen LogP contribution in [0, 0.1) is 12.8 Å². The van der Waals surface area contributed by atoms with Gasteiger partial charge in [-0.3, -0.25) is 4.90 Å². The van der Waals surface area contributed by atoms with Crippen molar-refractivity contribution in [1.82, 2.24) is 9.55 Å². The van der Waals surface area contributed by atoms with E-state index in [2.05, 4.69) is 9.55 Å². The average molecular weight is 418 g/mol. The van der Waals surface area contributed by atoms with Crippen molar-refractivity contribution in [1.29, 1.82) is 0 Å². The molecule has 1 aliphatic rings. The van der Waals surface area contributed by atoms with Gasteiger partial charge in [0.15, 0.2) is 0 Å². The van der Waals surface area contributed by atoms with E-state index < -0.39 is 5.60 Å². The van der Waals surface area contributed by atoms with E-state index in [1.807, 2.05) is 52.1 Å². The highest BCUT2D eigenvalue weighted by molar-refractivity contribution is 6.31. The third-order valence-corrected chi connectivity index (χ3v) is 5.74. The van der Waals surface area contributed by atoms with Crippen molar-refractivity contribution in [3.63, 3.8) is 0 Å². The van der Waals surface area contributed by atoms with Crippen LogP contribution >= 0.6 is 11.6 Å². The number of imidazole rings is 1. The highest BCUT2D eigenvalue weighted by atomic mass is 35.5. The topological polar surface area (TPSA) is 47.4 Å². The molecule has 158 valence electrons. The maximum atomic E-state index is 13.0. The van der Waals surface area contributed by atoms with Gasteiger partial charge in [-0.05, 0) is 64.2 Å². The Kier molecular flexibility index (Phi) is 6.89. The Morgan fingerprint density at radius 3 is 2.59 bits per heavy atom. The number of carbonyl (C=O) groups is 1. The molecule has 2 aromatic rings. The van der Waals surface area contributed by atoms with Crippen molar-refractivity contribution in [2.75, 3.05) is 11.4 Å². The van der Waals surface area contributed by atoms with Gasteiger partial charge in [0.25, 0.3) is 0 Å². The second kappa shape index (κ2) is 9.21. The Morgan fingerprint density at radius 2 is 2.00 bits per heavy atom. The number of rotatable bonds is 5. The van der Waals surface area contributed by atoms with E-state index >= 15 is 0 Å². The lowest BCUT2D eigenvalue weighted by atomic mass is 9.89. The molecule has 0 N–H and O–H groups in total. The number of halogens is 1. The van der Waals surface area contributed by atoms with Gasteiger partial charge in [-0.25, -0.2) is 9.78 Å². The van der Waals surface area contributed by atoms with Crippen molar-refractivity contribution in [2.45, 2.75) is 71.9 Å². The largest absolute Gasteiger partial charge is 0.443 e. The molecule has 5 nitrogen and oxygen atoms in total. The molecule has 0 aliphatic heterocycles. The lowest BCUT2D eigenvalue weighted by molar-refractivity contribution is 0.0572. The van der Waals surface area contributed by atoms with Crippen LogP contribution in [0.5, 0.6) is 0 Å². The Morgan fingerprint density at radius 1 is 1.28 bits per heavy atom. The van der Waals surface area contributed by atoms with Crippen LogP contribution in [-0.4, -0.2) is 27.8 Å². The molecule has 1 amide bonds. The summed E-state index contributed by atoms with van der Waals surface area (Å²) in [5.74, 6) is 1.45. The van der Waals surface area contributed by atoms with Gasteiger partial charge in [-0.2, -0.15) is 0 Å². The molecule has 1 heterocycles. The molecule has 0 saturated heterocycles. The maximum Gasteiger partial charge on any atom is 0.414 e. The number of amides is 1. The van der Waals surface area contributed by atoms with E-state index in [1.54, 1.807) is 11.1 Å². The highest BCUT2D eigenvalue weighted by Crippen LogP contribution is 2.30. The van der Waals surface area contributed by atoms with Gasteiger partial charge in [0.05, 0.1) is 6.54 Å². The van der Waals surface area contributed by atoms with E-state index in [-0.39, 0.29) is 6.09 Å². The number of anilines is 1. The summed E-state index contributed by atoms with van der Waals surface area (Å²) >= 11 is 6.61. The van der Waals surface area contributed by atoms with Gasteiger partial charge < -0.3 is 9.30 Å². The van der Waals surface area contributed by atoms with Gasteiger partial charge >= 0.3 is 6.09 Å². The molecule has 0 unspecified atom stereocenters. The summed E-state index contributed by atoms with van der Waals surface area (Å²) in [6, 6.07) is 5.85. The van der Waals surface area contributed by atoms with Crippen molar-refractivity contribution >= 4 is 23.4 Å². The first-order chi connectivity index (χ1) is 13.7. The standard InChI is InChI=1S/C23H32ClN3O2/c1-17-25-12-13-26(17)16-19-10-11-20(14-21(19)24)27(22(28)29-23(2,3)4)15-18-8-6-5-7-9-18/h10-14,18H,5-9,15-16H2,1-4H3. The minimum atomic E-state index is -0.537.